The zero-order chi connectivity index (χ0) is 8.39. The van der Waals surface area contributed by atoms with Crippen molar-refractivity contribution in [2.45, 2.75) is 31.7 Å². The van der Waals surface area contributed by atoms with Crippen LogP contribution in [0.25, 0.3) is 0 Å². The van der Waals surface area contributed by atoms with Gasteiger partial charge in [0.2, 0.25) is 0 Å². The SMILES string of the molecule is [SnH][N]1CCCC1CN1CCCC1. The predicted molar refractivity (Wildman–Crippen MR) is 52.6 cm³/mol. The molecule has 12 heavy (non-hydrogen) atoms. The van der Waals surface area contributed by atoms with Gasteiger partial charge < -0.3 is 0 Å². The van der Waals surface area contributed by atoms with E-state index >= 15 is 0 Å². The number of hydrogen-bond acceptors (Lipinski definition) is 2. The van der Waals surface area contributed by atoms with E-state index < -0.39 is 0 Å². The standard InChI is InChI=1S/C9H17N2.Sn.H/c1-2-7-11(6-1)8-9-4-3-5-10-9;;/h9H,1-8H2;;/q-1;+1;. The molecule has 68 valence electrons. The van der Waals surface area contributed by atoms with Crippen LogP contribution in [0.15, 0.2) is 0 Å². The third kappa shape index (κ3) is 2.15. The van der Waals surface area contributed by atoms with Crippen LogP contribution in [0.3, 0.4) is 0 Å². The summed E-state index contributed by atoms with van der Waals surface area (Å²) < 4.78 is 2.66. The summed E-state index contributed by atoms with van der Waals surface area (Å²) in [6.45, 7) is 5.47. The summed E-state index contributed by atoms with van der Waals surface area (Å²) in [6, 6.07) is 0.922. The molecule has 2 saturated heterocycles. The van der Waals surface area contributed by atoms with Crippen molar-refractivity contribution in [3.63, 3.8) is 0 Å². The molecule has 3 heteroatoms. The number of hydrogen-bond donors (Lipinski definition) is 0. The molecular formula is C9H18N2Sn. The van der Waals surface area contributed by atoms with E-state index in [1.165, 1.54) is 74.7 Å². The number of rotatable bonds is 2. The van der Waals surface area contributed by atoms with E-state index in [2.05, 4.69) is 8.02 Å². The first-order valence-electron chi connectivity index (χ1n) is 5.10. The average Bonchev–Trinajstić information content (AvgIpc) is 2.65. The fourth-order valence-electron chi connectivity index (χ4n) is 2.32. The molecule has 2 aliphatic rings. The van der Waals surface area contributed by atoms with E-state index in [1.807, 2.05) is 0 Å². The fraction of sp³-hybridized carbons (Fsp3) is 1.00. The Balaban J connectivity index is 1.77. The Morgan fingerprint density at radius 1 is 1.08 bits per heavy atom. The van der Waals surface area contributed by atoms with Crippen LogP contribution in [-0.4, -0.2) is 63.0 Å². The summed E-state index contributed by atoms with van der Waals surface area (Å²) in [6.07, 6.45) is 5.78. The van der Waals surface area contributed by atoms with Crippen molar-refractivity contribution in [2.24, 2.45) is 0 Å². The summed E-state index contributed by atoms with van der Waals surface area (Å²) in [5.74, 6) is 0. The van der Waals surface area contributed by atoms with Crippen molar-refractivity contribution in [1.82, 2.24) is 8.02 Å². The van der Waals surface area contributed by atoms with E-state index in [-0.39, 0.29) is 0 Å². The van der Waals surface area contributed by atoms with Gasteiger partial charge in [-0.2, -0.15) is 0 Å². The molecule has 1 unspecified atom stereocenters. The molecule has 0 aromatic heterocycles. The number of likely N-dealkylation sites (tertiary alicyclic amines) is 1. The third-order valence-electron chi connectivity index (χ3n) is 3.09. The van der Waals surface area contributed by atoms with Gasteiger partial charge in [0, 0.05) is 0 Å². The molecule has 2 nitrogen and oxygen atoms in total. The van der Waals surface area contributed by atoms with Crippen molar-refractivity contribution >= 4 is 22.8 Å². The second-order valence-electron chi connectivity index (χ2n) is 4.04. The first-order chi connectivity index (χ1) is 5.86. The maximum absolute atomic E-state index is 2.66. The monoisotopic (exact) mass is 274 g/mol. The van der Waals surface area contributed by atoms with Gasteiger partial charge in [0.1, 0.15) is 0 Å². The van der Waals surface area contributed by atoms with E-state index in [1.54, 1.807) is 0 Å². The van der Waals surface area contributed by atoms with Gasteiger partial charge in [0.25, 0.3) is 0 Å². The molecule has 2 heterocycles. The zero-order valence-corrected chi connectivity index (χ0v) is 11.0. The Morgan fingerprint density at radius 3 is 2.42 bits per heavy atom. The summed E-state index contributed by atoms with van der Waals surface area (Å²) in [4.78, 5) is 2.65. The predicted octanol–water partition coefficient (Wildman–Crippen LogP) is 0.362. The Labute approximate surface area is 88.7 Å². The topological polar surface area (TPSA) is 6.48 Å². The van der Waals surface area contributed by atoms with E-state index in [0.29, 0.717) is 0 Å². The van der Waals surface area contributed by atoms with Gasteiger partial charge in [0.05, 0.1) is 0 Å². The van der Waals surface area contributed by atoms with Crippen molar-refractivity contribution in [1.29, 1.82) is 0 Å². The fourth-order valence-corrected chi connectivity index (χ4v) is 3.53. The van der Waals surface area contributed by atoms with Crippen LogP contribution in [0.2, 0.25) is 0 Å². The average molecular weight is 273 g/mol. The molecule has 0 spiro atoms. The molecule has 2 radical (unpaired) electrons. The van der Waals surface area contributed by atoms with E-state index in [0.717, 1.165) is 6.04 Å². The molecule has 0 aliphatic carbocycles. The van der Waals surface area contributed by atoms with E-state index in [9.17, 15) is 0 Å². The second kappa shape index (κ2) is 4.29. The molecule has 2 fully saturated rings. The summed E-state index contributed by atoms with van der Waals surface area (Å²) in [7, 11) is 0. The molecular weight excluding hydrogens is 255 g/mol. The maximum atomic E-state index is 2.66. The van der Waals surface area contributed by atoms with Crippen molar-refractivity contribution in [3.05, 3.63) is 0 Å². The Hall–Kier alpha value is 0.719. The van der Waals surface area contributed by atoms with Crippen LogP contribution in [0.1, 0.15) is 25.7 Å². The zero-order valence-electron chi connectivity index (χ0n) is 7.71. The summed E-state index contributed by atoms with van der Waals surface area (Å²) in [5.41, 5.74) is 0. The molecule has 0 saturated carbocycles. The Bertz CT molecular complexity index is 145. The van der Waals surface area contributed by atoms with Gasteiger partial charge in [-0.25, -0.2) is 0 Å². The van der Waals surface area contributed by atoms with Gasteiger partial charge in [-0.3, -0.25) is 0 Å². The first-order valence-corrected chi connectivity index (χ1v) is 6.57. The summed E-state index contributed by atoms with van der Waals surface area (Å²) in [5, 5.41) is 0. The quantitative estimate of drug-likeness (QED) is 0.670. The summed E-state index contributed by atoms with van der Waals surface area (Å²) >= 11 is 1.34. The van der Waals surface area contributed by atoms with Gasteiger partial charge >= 0.3 is 88.7 Å². The minimum absolute atomic E-state index is 0.922. The van der Waals surface area contributed by atoms with Gasteiger partial charge in [-0.15, -0.1) is 0 Å². The van der Waals surface area contributed by atoms with Crippen molar-refractivity contribution in [2.75, 3.05) is 26.2 Å². The van der Waals surface area contributed by atoms with Crippen LogP contribution >= 0.6 is 0 Å². The third-order valence-corrected chi connectivity index (χ3v) is 5.03. The van der Waals surface area contributed by atoms with Crippen LogP contribution in [0.5, 0.6) is 0 Å². The minimum atomic E-state index is 0.922. The molecule has 0 N–H and O–H groups in total. The normalized spacial score (nSPS) is 33.2. The molecule has 0 amide bonds. The Morgan fingerprint density at radius 2 is 1.83 bits per heavy atom. The Kier molecular flexibility index (Phi) is 3.32. The second-order valence-corrected chi connectivity index (χ2v) is 5.93. The van der Waals surface area contributed by atoms with Crippen LogP contribution in [-0.2, 0) is 0 Å². The van der Waals surface area contributed by atoms with Gasteiger partial charge in [0.15, 0.2) is 0 Å². The van der Waals surface area contributed by atoms with Crippen LogP contribution in [0.4, 0.5) is 0 Å². The van der Waals surface area contributed by atoms with Gasteiger partial charge in [-0.05, 0) is 0 Å². The molecule has 0 bridgehead atoms. The van der Waals surface area contributed by atoms with Crippen LogP contribution < -0.4 is 0 Å². The molecule has 1 atom stereocenters. The molecule has 0 aromatic rings. The molecule has 2 rings (SSSR count). The van der Waals surface area contributed by atoms with E-state index in [4.69, 9.17) is 0 Å². The van der Waals surface area contributed by atoms with Crippen molar-refractivity contribution < 1.29 is 0 Å². The first kappa shape index (κ1) is 9.28. The molecule has 2 aliphatic heterocycles. The number of nitrogens with zero attached hydrogens (tertiary/aromatic N) is 2. The van der Waals surface area contributed by atoms with Gasteiger partial charge in [-0.1, -0.05) is 0 Å². The molecule has 0 aromatic carbocycles. The van der Waals surface area contributed by atoms with Crippen LogP contribution in [0, 0.1) is 0 Å². The van der Waals surface area contributed by atoms with Crippen molar-refractivity contribution in [3.8, 4) is 0 Å².